The van der Waals surface area contributed by atoms with E-state index in [0.29, 0.717) is 29.2 Å². The third kappa shape index (κ3) is 13.1. The van der Waals surface area contributed by atoms with Gasteiger partial charge in [0.25, 0.3) is 5.82 Å². The standard InChI is InChI=1S/C22H25FN10O.C15H16FN7.C6H10N4O2/c1-13-8-16(19-24-12-25-21(28-19)27-15-10-26-32(5)11-15)17(23)9-14(13)6-7-18(34)20-29-31-33(30-20)22(2,3)4;1-9-3-12(13(16)4-10(9)5-17)14-18-8-19-15(22-14)21-11-6-20-23(2)7-11;1-6(2,3)10-8-4(5(11)12)7-9-10/h8-12H,6-7H2,1-5H3,(H,24,25,27,28);3-4,6-8H,5,17H2,1-2H3,(H,18,19,21,22);1-3H3,(H,11,12). The quantitative estimate of drug-likeness (QED) is 0.116. The van der Waals surface area contributed by atoms with Crippen molar-refractivity contribution in [3.63, 3.8) is 0 Å². The lowest BCUT2D eigenvalue weighted by atomic mass is 9.99. The second-order valence-corrected chi connectivity index (χ2v) is 17.4. The summed E-state index contributed by atoms with van der Waals surface area (Å²) in [6.45, 7) is 15.4. The molecule has 2 aromatic carbocycles. The number of hydrogen-bond donors (Lipinski definition) is 4. The maximum Gasteiger partial charge on any atom is 0.377 e. The van der Waals surface area contributed by atoms with E-state index in [9.17, 15) is 14.0 Å². The van der Waals surface area contributed by atoms with Crippen molar-refractivity contribution in [2.45, 2.75) is 85.9 Å². The first-order valence-corrected chi connectivity index (χ1v) is 21.1. The number of nitrogens with two attached hydrogens (primary N) is 1. The third-order valence-corrected chi connectivity index (χ3v) is 9.71. The Bertz CT molecular complexity index is 3070. The molecule has 0 radical (unpaired) electrons. The minimum absolute atomic E-state index is 0.0588. The van der Waals surface area contributed by atoms with E-state index in [2.05, 4.69) is 81.6 Å². The molecule has 0 aliphatic carbocycles. The zero-order chi connectivity index (χ0) is 50.2. The Morgan fingerprint density at radius 1 is 0.681 bits per heavy atom. The second kappa shape index (κ2) is 21.0. The number of nitrogens with zero attached hydrogens (tertiary/aromatic N) is 18. The molecule has 360 valence electrons. The zero-order valence-corrected chi connectivity index (χ0v) is 39.5. The molecule has 6 heterocycles. The van der Waals surface area contributed by atoms with Gasteiger partial charge in [0.2, 0.25) is 23.5 Å². The molecule has 6 aromatic heterocycles. The number of Topliss-reactive ketones (excluding diaryl/α,β-unsaturated/α-hetero) is 1. The van der Waals surface area contributed by atoms with Crippen molar-refractivity contribution < 1.29 is 23.5 Å². The molecular weight excluding hydrogens is 897 g/mol. The van der Waals surface area contributed by atoms with Gasteiger partial charge in [-0.15, -0.1) is 20.4 Å². The van der Waals surface area contributed by atoms with E-state index in [-0.39, 0.29) is 64.6 Å². The molecule has 24 nitrogen and oxygen atoms in total. The van der Waals surface area contributed by atoms with Crippen LogP contribution in [-0.4, -0.2) is 107 Å². The Kier molecular flexibility index (Phi) is 15.2. The summed E-state index contributed by atoms with van der Waals surface area (Å²) in [7, 11) is 3.60. The van der Waals surface area contributed by atoms with Crippen molar-refractivity contribution in [1.82, 2.24) is 89.9 Å². The number of carbonyl (C=O) groups is 2. The number of tetrazole rings is 2. The highest BCUT2D eigenvalue weighted by Gasteiger charge is 2.22. The monoisotopic (exact) mass is 947 g/mol. The SMILES string of the molecule is CC(C)(C)n1nnc(C(=O)O)n1.Cc1cc(-c2ncnc(Nc3cnn(C)c3)n2)c(F)cc1CCC(=O)c1nnn(C(C)(C)C)n1.Cc1cc(-c2ncnc(Nc3cnn(C)c3)n2)c(F)cc1CN. The van der Waals surface area contributed by atoms with E-state index in [0.717, 1.165) is 22.4 Å². The fourth-order valence-electron chi connectivity index (χ4n) is 6.03. The molecule has 5 N–H and O–H groups in total. The van der Waals surface area contributed by atoms with E-state index in [1.807, 2.05) is 55.4 Å². The lowest BCUT2D eigenvalue weighted by Crippen LogP contribution is -2.25. The number of nitrogens with one attached hydrogen (secondary N) is 2. The number of ketones is 1. The van der Waals surface area contributed by atoms with Crippen LogP contribution in [0.2, 0.25) is 0 Å². The van der Waals surface area contributed by atoms with E-state index in [4.69, 9.17) is 10.8 Å². The summed E-state index contributed by atoms with van der Waals surface area (Å²) in [6.07, 6.45) is 9.96. The fourth-order valence-corrected chi connectivity index (χ4v) is 6.03. The normalized spacial score (nSPS) is 11.3. The largest absolute Gasteiger partial charge is 0.475 e. The van der Waals surface area contributed by atoms with Crippen LogP contribution >= 0.6 is 0 Å². The number of rotatable bonds is 12. The van der Waals surface area contributed by atoms with Crippen LogP contribution in [0, 0.1) is 25.5 Å². The number of anilines is 4. The minimum Gasteiger partial charge on any atom is -0.475 e. The number of halogens is 2. The predicted molar refractivity (Wildman–Crippen MR) is 246 cm³/mol. The molecule has 0 saturated carbocycles. The van der Waals surface area contributed by atoms with Gasteiger partial charge in [0.05, 0.1) is 46.0 Å². The Hall–Kier alpha value is -8.42. The molecule has 0 saturated heterocycles. The zero-order valence-electron chi connectivity index (χ0n) is 39.5. The molecule has 0 spiro atoms. The topological polar surface area (TPSA) is 305 Å². The van der Waals surface area contributed by atoms with Crippen molar-refractivity contribution in [1.29, 1.82) is 0 Å². The molecule has 8 aromatic rings. The van der Waals surface area contributed by atoms with E-state index in [1.54, 1.807) is 60.4 Å². The molecule has 0 aliphatic heterocycles. The van der Waals surface area contributed by atoms with Gasteiger partial charge < -0.3 is 21.5 Å². The lowest BCUT2D eigenvalue weighted by Gasteiger charge is -2.15. The summed E-state index contributed by atoms with van der Waals surface area (Å²) in [4.78, 5) is 50.5. The molecule has 0 atom stereocenters. The number of hydrogen-bond acceptors (Lipinski definition) is 19. The number of carbonyl (C=O) groups excluding carboxylic acids is 1. The first-order valence-electron chi connectivity index (χ1n) is 21.1. The number of carboxylic acid groups (broad SMARTS) is 1. The summed E-state index contributed by atoms with van der Waals surface area (Å²) < 4.78 is 32.6. The predicted octanol–water partition coefficient (Wildman–Crippen LogP) is 5.07. The molecule has 8 rings (SSSR count). The molecule has 0 bridgehead atoms. The van der Waals surface area contributed by atoms with Gasteiger partial charge in [-0.1, -0.05) is 0 Å². The number of aromatic nitrogens is 18. The molecule has 0 unspecified atom stereocenters. The highest BCUT2D eigenvalue weighted by Crippen LogP contribution is 2.27. The van der Waals surface area contributed by atoms with Crippen LogP contribution < -0.4 is 16.4 Å². The summed E-state index contributed by atoms with van der Waals surface area (Å²) >= 11 is 0. The average molecular weight is 948 g/mol. The van der Waals surface area contributed by atoms with Crippen molar-refractivity contribution in [2.75, 3.05) is 10.6 Å². The molecular formula is C43H51F2N21O3. The Morgan fingerprint density at radius 2 is 1.13 bits per heavy atom. The van der Waals surface area contributed by atoms with Gasteiger partial charge in [-0.05, 0) is 119 Å². The number of benzene rings is 2. The maximum atomic E-state index is 15.0. The van der Waals surface area contributed by atoms with Crippen molar-refractivity contribution in [2.24, 2.45) is 19.8 Å². The summed E-state index contributed by atoms with van der Waals surface area (Å²) in [5.74, 6) is -1.45. The van der Waals surface area contributed by atoms with E-state index >= 15 is 4.39 Å². The van der Waals surface area contributed by atoms with Crippen LogP contribution in [0.4, 0.5) is 32.1 Å². The van der Waals surface area contributed by atoms with Gasteiger partial charge in [0.15, 0.2) is 11.6 Å². The smallest absolute Gasteiger partial charge is 0.377 e. The first kappa shape index (κ1) is 50.0. The van der Waals surface area contributed by atoms with Crippen LogP contribution in [0.25, 0.3) is 22.8 Å². The van der Waals surface area contributed by atoms with Crippen molar-refractivity contribution in [3.05, 3.63) is 107 Å². The Labute approximate surface area is 393 Å². The van der Waals surface area contributed by atoms with Crippen molar-refractivity contribution >= 4 is 35.0 Å². The van der Waals surface area contributed by atoms with E-state index < -0.39 is 17.6 Å². The van der Waals surface area contributed by atoms with Crippen LogP contribution in [0.15, 0.2) is 61.7 Å². The van der Waals surface area contributed by atoms with Crippen molar-refractivity contribution in [3.8, 4) is 22.8 Å². The summed E-state index contributed by atoms with van der Waals surface area (Å²) in [5, 5.41) is 45.2. The Balaban J connectivity index is 0.000000191. The lowest BCUT2D eigenvalue weighted by molar-refractivity contribution is 0.0682. The summed E-state index contributed by atoms with van der Waals surface area (Å²) in [6, 6.07) is 6.20. The molecule has 69 heavy (non-hydrogen) atoms. The summed E-state index contributed by atoms with van der Waals surface area (Å²) in [5.41, 5.74) is 10.1. The molecule has 0 fully saturated rings. The highest BCUT2D eigenvalue weighted by molar-refractivity contribution is 5.92. The van der Waals surface area contributed by atoms with Gasteiger partial charge in [-0.2, -0.15) is 29.8 Å². The number of aryl methyl sites for hydroxylation is 5. The van der Waals surface area contributed by atoms with Gasteiger partial charge in [-0.25, -0.2) is 33.5 Å². The van der Waals surface area contributed by atoms with Crippen LogP contribution in [0.1, 0.15) is 91.5 Å². The van der Waals surface area contributed by atoms with Gasteiger partial charge in [0.1, 0.15) is 24.3 Å². The van der Waals surface area contributed by atoms with Crippen LogP contribution in [0.5, 0.6) is 0 Å². The van der Waals surface area contributed by atoms with Gasteiger partial charge in [0, 0.05) is 39.5 Å². The molecule has 26 heteroatoms. The molecule has 0 aliphatic rings. The van der Waals surface area contributed by atoms with Crippen LogP contribution in [0.3, 0.4) is 0 Å². The number of aromatic carboxylic acids is 1. The van der Waals surface area contributed by atoms with Crippen LogP contribution in [-0.2, 0) is 38.1 Å². The first-order chi connectivity index (χ1) is 32.6. The van der Waals surface area contributed by atoms with Gasteiger partial charge >= 0.3 is 5.97 Å². The molecule has 0 amide bonds. The average Bonchev–Trinajstić information content (AvgIpc) is 4.14. The van der Waals surface area contributed by atoms with E-state index in [1.165, 1.54) is 34.4 Å². The Morgan fingerprint density at radius 3 is 1.54 bits per heavy atom. The maximum absolute atomic E-state index is 15.0. The minimum atomic E-state index is -1.16. The number of carboxylic acids is 1. The van der Waals surface area contributed by atoms with Gasteiger partial charge in [-0.3, -0.25) is 14.2 Å². The fraction of sp³-hybridized carbons (Fsp3) is 0.349. The second-order valence-electron chi connectivity index (χ2n) is 17.4. The third-order valence-electron chi connectivity index (χ3n) is 9.71. The highest BCUT2D eigenvalue weighted by atomic mass is 19.1.